The van der Waals surface area contributed by atoms with E-state index in [1.54, 1.807) is 0 Å². The summed E-state index contributed by atoms with van der Waals surface area (Å²) in [7, 11) is 0. The highest BCUT2D eigenvalue weighted by atomic mass is 15.0. The molecule has 0 bridgehead atoms. The molecule has 3 nitrogen and oxygen atoms in total. The van der Waals surface area contributed by atoms with Gasteiger partial charge in [-0.05, 0) is 38.2 Å². The molecule has 1 aromatic heterocycles. The van der Waals surface area contributed by atoms with Crippen LogP contribution in [0.15, 0.2) is 6.07 Å². The van der Waals surface area contributed by atoms with Crippen molar-refractivity contribution in [3.05, 3.63) is 23.3 Å². The first-order valence-corrected chi connectivity index (χ1v) is 5.63. The molecule has 1 heterocycles. The van der Waals surface area contributed by atoms with E-state index in [4.69, 9.17) is 5.73 Å². The van der Waals surface area contributed by atoms with Crippen molar-refractivity contribution in [1.82, 2.24) is 9.97 Å². The molecule has 1 fully saturated rings. The van der Waals surface area contributed by atoms with Gasteiger partial charge in [-0.2, -0.15) is 0 Å². The predicted octanol–water partition coefficient (Wildman–Crippen LogP) is 1.93. The van der Waals surface area contributed by atoms with Gasteiger partial charge in [-0.3, -0.25) is 0 Å². The minimum absolute atomic E-state index is 0.211. The van der Waals surface area contributed by atoms with Crippen LogP contribution in [0.3, 0.4) is 0 Å². The van der Waals surface area contributed by atoms with Crippen molar-refractivity contribution < 1.29 is 0 Å². The SMILES string of the molecule is Cc1cc(CC(C)C)nc(C2(N)CC2)n1. The van der Waals surface area contributed by atoms with Crippen LogP contribution in [0, 0.1) is 12.8 Å². The quantitative estimate of drug-likeness (QED) is 0.820. The Hall–Kier alpha value is -0.960. The first-order chi connectivity index (χ1) is 6.99. The summed E-state index contributed by atoms with van der Waals surface area (Å²) in [6.07, 6.45) is 3.06. The molecule has 1 aliphatic carbocycles. The summed E-state index contributed by atoms with van der Waals surface area (Å²) < 4.78 is 0. The zero-order valence-electron chi connectivity index (χ0n) is 9.75. The molecule has 0 saturated heterocycles. The summed E-state index contributed by atoms with van der Waals surface area (Å²) in [5.74, 6) is 1.47. The molecule has 1 saturated carbocycles. The number of aromatic nitrogens is 2. The molecule has 1 aliphatic rings. The van der Waals surface area contributed by atoms with E-state index in [0.29, 0.717) is 5.92 Å². The third kappa shape index (κ3) is 2.34. The zero-order chi connectivity index (χ0) is 11.1. The van der Waals surface area contributed by atoms with Gasteiger partial charge in [0, 0.05) is 11.4 Å². The Bertz CT molecular complexity index is 367. The summed E-state index contributed by atoms with van der Waals surface area (Å²) in [4.78, 5) is 9.01. The standard InChI is InChI=1S/C12H19N3/c1-8(2)6-10-7-9(3)14-11(15-10)12(13)4-5-12/h7-8H,4-6,13H2,1-3H3. The van der Waals surface area contributed by atoms with E-state index in [1.807, 2.05) is 6.92 Å². The Labute approximate surface area is 91.1 Å². The number of hydrogen-bond donors (Lipinski definition) is 1. The molecule has 1 aromatic rings. The molecule has 3 heteroatoms. The average Bonchev–Trinajstić information content (AvgIpc) is 2.82. The zero-order valence-corrected chi connectivity index (χ0v) is 9.75. The van der Waals surface area contributed by atoms with Crippen LogP contribution in [-0.2, 0) is 12.0 Å². The van der Waals surface area contributed by atoms with Crippen molar-refractivity contribution >= 4 is 0 Å². The highest BCUT2D eigenvalue weighted by Gasteiger charge is 2.43. The van der Waals surface area contributed by atoms with Gasteiger partial charge in [-0.25, -0.2) is 9.97 Å². The summed E-state index contributed by atoms with van der Waals surface area (Å²) in [6, 6.07) is 2.06. The van der Waals surface area contributed by atoms with Gasteiger partial charge in [-0.1, -0.05) is 13.8 Å². The van der Waals surface area contributed by atoms with Gasteiger partial charge in [0.1, 0.15) is 5.82 Å². The largest absolute Gasteiger partial charge is 0.319 e. The number of nitrogens with two attached hydrogens (primary N) is 1. The Kier molecular flexibility index (Phi) is 2.51. The summed E-state index contributed by atoms with van der Waals surface area (Å²) in [5.41, 5.74) is 8.06. The highest BCUT2D eigenvalue weighted by molar-refractivity contribution is 5.20. The van der Waals surface area contributed by atoms with Crippen molar-refractivity contribution in [2.75, 3.05) is 0 Å². The van der Waals surface area contributed by atoms with Crippen LogP contribution in [-0.4, -0.2) is 9.97 Å². The van der Waals surface area contributed by atoms with Crippen molar-refractivity contribution in [2.45, 2.75) is 45.6 Å². The molecule has 0 aromatic carbocycles. The van der Waals surface area contributed by atoms with E-state index in [9.17, 15) is 0 Å². The lowest BCUT2D eigenvalue weighted by molar-refractivity contribution is 0.609. The number of rotatable bonds is 3. The van der Waals surface area contributed by atoms with Crippen LogP contribution in [0.5, 0.6) is 0 Å². The van der Waals surface area contributed by atoms with Crippen molar-refractivity contribution in [1.29, 1.82) is 0 Å². The third-order valence-corrected chi connectivity index (χ3v) is 2.76. The van der Waals surface area contributed by atoms with Crippen molar-refractivity contribution in [3.63, 3.8) is 0 Å². The molecule has 15 heavy (non-hydrogen) atoms. The lowest BCUT2D eigenvalue weighted by atomic mass is 10.1. The summed E-state index contributed by atoms with van der Waals surface area (Å²) in [6.45, 7) is 6.42. The molecule has 0 aliphatic heterocycles. The average molecular weight is 205 g/mol. The van der Waals surface area contributed by atoms with Gasteiger partial charge >= 0.3 is 0 Å². The molecule has 0 atom stereocenters. The van der Waals surface area contributed by atoms with Crippen LogP contribution in [0.1, 0.15) is 43.9 Å². The molecular weight excluding hydrogens is 186 g/mol. The highest BCUT2D eigenvalue weighted by Crippen LogP contribution is 2.40. The number of hydrogen-bond acceptors (Lipinski definition) is 3. The normalized spacial score (nSPS) is 18.2. The minimum atomic E-state index is -0.211. The second-order valence-corrected chi connectivity index (χ2v) is 5.08. The molecule has 2 rings (SSSR count). The van der Waals surface area contributed by atoms with E-state index < -0.39 is 0 Å². The van der Waals surface area contributed by atoms with Gasteiger partial charge in [0.25, 0.3) is 0 Å². The van der Waals surface area contributed by atoms with E-state index >= 15 is 0 Å². The molecular formula is C12H19N3. The Morgan fingerprint density at radius 1 is 1.40 bits per heavy atom. The maximum atomic E-state index is 6.11. The van der Waals surface area contributed by atoms with E-state index in [1.165, 1.54) is 0 Å². The molecule has 0 unspecified atom stereocenters. The van der Waals surface area contributed by atoms with Gasteiger partial charge in [0.05, 0.1) is 5.54 Å². The molecule has 0 spiro atoms. The summed E-state index contributed by atoms with van der Waals surface area (Å²) in [5, 5.41) is 0. The monoisotopic (exact) mass is 205 g/mol. The fourth-order valence-corrected chi connectivity index (χ4v) is 1.74. The molecule has 82 valence electrons. The van der Waals surface area contributed by atoms with Gasteiger partial charge in [0.2, 0.25) is 0 Å². The Balaban J connectivity index is 2.28. The number of nitrogens with zero attached hydrogens (tertiary/aromatic N) is 2. The Morgan fingerprint density at radius 3 is 2.60 bits per heavy atom. The topological polar surface area (TPSA) is 51.8 Å². The van der Waals surface area contributed by atoms with Crippen molar-refractivity contribution in [2.24, 2.45) is 11.7 Å². The summed E-state index contributed by atoms with van der Waals surface area (Å²) >= 11 is 0. The first kappa shape index (κ1) is 10.6. The Morgan fingerprint density at radius 2 is 2.07 bits per heavy atom. The van der Waals surface area contributed by atoms with Gasteiger partial charge in [0.15, 0.2) is 0 Å². The number of aryl methyl sites for hydroxylation is 1. The van der Waals surface area contributed by atoms with E-state index in [-0.39, 0.29) is 5.54 Å². The fraction of sp³-hybridized carbons (Fsp3) is 0.667. The van der Waals surface area contributed by atoms with Crippen LogP contribution >= 0.6 is 0 Å². The molecule has 0 amide bonds. The van der Waals surface area contributed by atoms with Crippen LogP contribution in [0.25, 0.3) is 0 Å². The first-order valence-electron chi connectivity index (χ1n) is 5.63. The second kappa shape index (κ2) is 3.56. The minimum Gasteiger partial charge on any atom is -0.319 e. The smallest absolute Gasteiger partial charge is 0.148 e. The van der Waals surface area contributed by atoms with Crippen molar-refractivity contribution in [3.8, 4) is 0 Å². The van der Waals surface area contributed by atoms with Crippen LogP contribution in [0.2, 0.25) is 0 Å². The van der Waals surface area contributed by atoms with E-state index in [0.717, 1.165) is 36.5 Å². The maximum absolute atomic E-state index is 6.11. The second-order valence-electron chi connectivity index (χ2n) is 5.08. The van der Waals surface area contributed by atoms with Gasteiger partial charge in [-0.15, -0.1) is 0 Å². The maximum Gasteiger partial charge on any atom is 0.148 e. The van der Waals surface area contributed by atoms with Crippen LogP contribution < -0.4 is 5.73 Å². The lowest BCUT2D eigenvalue weighted by Crippen LogP contribution is -2.23. The third-order valence-electron chi connectivity index (χ3n) is 2.76. The van der Waals surface area contributed by atoms with E-state index in [2.05, 4.69) is 29.9 Å². The van der Waals surface area contributed by atoms with Crippen LogP contribution in [0.4, 0.5) is 0 Å². The molecule has 2 N–H and O–H groups in total. The predicted molar refractivity (Wildman–Crippen MR) is 60.4 cm³/mol. The molecule has 0 radical (unpaired) electrons. The fourth-order valence-electron chi connectivity index (χ4n) is 1.74. The lowest BCUT2D eigenvalue weighted by Gasteiger charge is -2.11. The van der Waals surface area contributed by atoms with Gasteiger partial charge < -0.3 is 5.73 Å².